The fraction of sp³-hybridized carbons (Fsp3) is 0.400. The maximum Gasteiger partial charge on any atom is 0.0683 e. The van der Waals surface area contributed by atoms with Crippen molar-refractivity contribution in [3.63, 3.8) is 0 Å². The quantitative estimate of drug-likeness (QED) is 0.897. The van der Waals surface area contributed by atoms with Crippen LogP contribution in [-0.2, 0) is 6.42 Å². The zero-order valence-electron chi connectivity index (χ0n) is 11.3. The minimum Gasteiger partial charge on any atom is -0.322 e. The summed E-state index contributed by atoms with van der Waals surface area (Å²) >= 11 is 0. The molecule has 2 aromatic rings. The SMILES string of the molecule is CCc1ccc(C(N)C(C)n2cc(C)cn2)cc1. The van der Waals surface area contributed by atoms with Gasteiger partial charge >= 0.3 is 0 Å². The van der Waals surface area contributed by atoms with Gasteiger partial charge in [-0.05, 0) is 37.0 Å². The fourth-order valence-electron chi connectivity index (χ4n) is 2.07. The van der Waals surface area contributed by atoms with E-state index >= 15 is 0 Å². The normalized spacial score (nSPS) is 14.4. The standard InChI is InChI=1S/C15H21N3/c1-4-13-5-7-14(8-6-13)15(16)12(3)18-10-11(2)9-17-18/h5-10,12,15H,4,16H2,1-3H3. The lowest BCUT2D eigenvalue weighted by Crippen LogP contribution is -2.22. The highest BCUT2D eigenvalue weighted by molar-refractivity contribution is 5.25. The van der Waals surface area contributed by atoms with E-state index < -0.39 is 0 Å². The molecule has 0 amide bonds. The number of nitrogens with zero attached hydrogens (tertiary/aromatic N) is 2. The fourth-order valence-corrected chi connectivity index (χ4v) is 2.07. The summed E-state index contributed by atoms with van der Waals surface area (Å²) in [5.74, 6) is 0. The molecule has 0 aliphatic heterocycles. The Morgan fingerprint density at radius 1 is 1.28 bits per heavy atom. The summed E-state index contributed by atoms with van der Waals surface area (Å²) in [6, 6.07) is 8.67. The van der Waals surface area contributed by atoms with Gasteiger partial charge in [-0.15, -0.1) is 0 Å². The van der Waals surface area contributed by atoms with Gasteiger partial charge in [-0.3, -0.25) is 4.68 Å². The van der Waals surface area contributed by atoms with Crippen LogP contribution in [0.1, 0.15) is 42.6 Å². The van der Waals surface area contributed by atoms with E-state index in [0.29, 0.717) is 0 Å². The molecule has 0 saturated heterocycles. The molecule has 0 aliphatic rings. The van der Waals surface area contributed by atoms with Crippen LogP contribution >= 0.6 is 0 Å². The smallest absolute Gasteiger partial charge is 0.0683 e. The summed E-state index contributed by atoms with van der Waals surface area (Å²) in [6.07, 6.45) is 4.96. The molecule has 3 nitrogen and oxygen atoms in total. The van der Waals surface area contributed by atoms with Gasteiger partial charge in [0, 0.05) is 6.20 Å². The Balaban J connectivity index is 2.16. The Kier molecular flexibility index (Phi) is 3.82. The number of aryl methyl sites for hydroxylation is 2. The Labute approximate surface area is 109 Å². The molecule has 2 atom stereocenters. The van der Waals surface area contributed by atoms with Crippen LogP contribution < -0.4 is 5.73 Å². The molecule has 0 bridgehead atoms. The molecule has 2 unspecified atom stereocenters. The van der Waals surface area contributed by atoms with Gasteiger partial charge in [-0.2, -0.15) is 5.10 Å². The van der Waals surface area contributed by atoms with Gasteiger partial charge in [0.25, 0.3) is 0 Å². The molecule has 0 saturated carbocycles. The van der Waals surface area contributed by atoms with E-state index in [-0.39, 0.29) is 12.1 Å². The second-order valence-corrected chi connectivity index (χ2v) is 4.86. The highest BCUT2D eigenvalue weighted by Gasteiger charge is 2.16. The van der Waals surface area contributed by atoms with Gasteiger partial charge in [0.1, 0.15) is 0 Å². The first-order valence-electron chi connectivity index (χ1n) is 6.47. The van der Waals surface area contributed by atoms with E-state index in [2.05, 4.69) is 43.2 Å². The van der Waals surface area contributed by atoms with Crippen LogP contribution in [0.15, 0.2) is 36.7 Å². The predicted molar refractivity (Wildman–Crippen MR) is 74.4 cm³/mol. The van der Waals surface area contributed by atoms with Gasteiger partial charge < -0.3 is 5.73 Å². The molecule has 0 radical (unpaired) electrons. The van der Waals surface area contributed by atoms with Crippen molar-refractivity contribution in [2.24, 2.45) is 5.73 Å². The van der Waals surface area contributed by atoms with Crippen LogP contribution in [0.4, 0.5) is 0 Å². The van der Waals surface area contributed by atoms with Crippen molar-refractivity contribution in [1.82, 2.24) is 9.78 Å². The lowest BCUT2D eigenvalue weighted by atomic mass is 9.99. The molecule has 1 aromatic carbocycles. The lowest BCUT2D eigenvalue weighted by molar-refractivity contribution is 0.414. The number of hydrogen-bond donors (Lipinski definition) is 1. The van der Waals surface area contributed by atoms with Crippen LogP contribution in [0.25, 0.3) is 0 Å². The molecule has 2 N–H and O–H groups in total. The summed E-state index contributed by atoms with van der Waals surface area (Å²) in [7, 11) is 0. The van der Waals surface area contributed by atoms with Crippen LogP contribution in [0, 0.1) is 6.92 Å². The molecule has 0 fully saturated rings. The molecule has 96 valence electrons. The first-order valence-corrected chi connectivity index (χ1v) is 6.47. The first kappa shape index (κ1) is 12.8. The van der Waals surface area contributed by atoms with Gasteiger partial charge in [0.05, 0.1) is 18.3 Å². The molecular formula is C15H21N3. The van der Waals surface area contributed by atoms with Gasteiger partial charge in [0.2, 0.25) is 0 Å². The van der Waals surface area contributed by atoms with E-state index in [1.165, 1.54) is 5.56 Å². The monoisotopic (exact) mass is 243 g/mol. The van der Waals surface area contributed by atoms with Crippen molar-refractivity contribution in [2.45, 2.75) is 39.3 Å². The average molecular weight is 243 g/mol. The van der Waals surface area contributed by atoms with Crippen molar-refractivity contribution in [2.75, 3.05) is 0 Å². The Morgan fingerprint density at radius 3 is 2.44 bits per heavy atom. The van der Waals surface area contributed by atoms with Crippen LogP contribution in [0.5, 0.6) is 0 Å². The third-order valence-electron chi connectivity index (χ3n) is 3.44. The third kappa shape index (κ3) is 2.62. The number of aromatic nitrogens is 2. The third-order valence-corrected chi connectivity index (χ3v) is 3.44. The lowest BCUT2D eigenvalue weighted by Gasteiger charge is -2.21. The summed E-state index contributed by atoms with van der Waals surface area (Å²) in [6.45, 7) is 6.30. The maximum absolute atomic E-state index is 6.31. The molecular weight excluding hydrogens is 222 g/mol. The average Bonchev–Trinajstić information content (AvgIpc) is 2.84. The van der Waals surface area contributed by atoms with Gasteiger partial charge in [0.15, 0.2) is 0 Å². The van der Waals surface area contributed by atoms with E-state index in [1.54, 1.807) is 0 Å². The Morgan fingerprint density at radius 2 is 1.94 bits per heavy atom. The molecule has 1 heterocycles. The Bertz CT molecular complexity index is 499. The van der Waals surface area contributed by atoms with Crippen molar-refractivity contribution in [3.8, 4) is 0 Å². The summed E-state index contributed by atoms with van der Waals surface area (Å²) in [5.41, 5.74) is 9.97. The zero-order chi connectivity index (χ0) is 13.1. The van der Waals surface area contributed by atoms with Crippen molar-refractivity contribution < 1.29 is 0 Å². The second kappa shape index (κ2) is 5.36. The predicted octanol–water partition coefficient (Wildman–Crippen LogP) is 3.01. The molecule has 2 rings (SSSR count). The molecule has 1 aromatic heterocycles. The highest BCUT2D eigenvalue weighted by Crippen LogP contribution is 2.23. The van der Waals surface area contributed by atoms with E-state index in [1.807, 2.05) is 24.0 Å². The molecule has 3 heteroatoms. The van der Waals surface area contributed by atoms with Crippen molar-refractivity contribution >= 4 is 0 Å². The summed E-state index contributed by atoms with van der Waals surface area (Å²) in [5, 5.41) is 4.33. The van der Waals surface area contributed by atoms with Crippen LogP contribution in [0.2, 0.25) is 0 Å². The topological polar surface area (TPSA) is 43.8 Å². The van der Waals surface area contributed by atoms with Crippen LogP contribution in [0.3, 0.4) is 0 Å². The minimum atomic E-state index is -0.0322. The molecule has 0 spiro atoms. The van der Waals surface area contributed by atoms with Gasteiger partial charge in [-0.1, -0.05) is 31.2 Å². The highest BCUT2D eigenvalue weighted by atomic mass is 15.3. The van der Waals surface area contributed by atoms with E-state index in [4.69, 9.17) is 5.73 Å². The number of nitrogens with two attached hydrogens (primary N) is 1. The Hall–Kier alpha value is -1.61. The maximum atomic E-state index is 6.31. The molecule has 0 aliphatic carbocycles. The van der Waals surface area contributed by atoms with E-state index in [9.17, 15) is 0 Å². The number of rotatable bonds is 4. The first-order chi connectivity index (χ1) is 8.61. The number of benzene rings is 1. The summed E-state index contributed by atoms with van der Waals surface area (Å²) in [4.78, 5) is 0. The van der Waals surface area contributed by atoms with Gasteiger partial charge in [-0.25, -0.2) is 0 Å². The molecule has 18 heavy (non-hydrogen) atoms. The van der Waals surface area contributed by atoms with Crippen molar-refractivity contribution in [1.29, 1.82) is 0 Å². The second-order valence-electron chi connectivity index (χ2n) is 4.86. The largest absolute Gasteiger partial charge is 0.322 e. The van der Waals surface area contributed by atoms with Crippen molar-refractivity contribution in [3.05, 3.63) is 53.3 Å². The number of hydrogen-bond acceptors (Lipinski definition) is 2. The van der Waals surface area contributed by atoms with Crippen LogP contribution in [-0.4, -0.2) is 9.78 Å². The van der Waals surface area contributed by atoms with E-state index in [0.717, 1.165) is 17.5 Å². The zero-order valence-corrected chi connectivity index (χ0v) is 11.3. The summed E-state index contributed by atoms with van der Waals surface area (Å²) < 4.78 is 1.94. The minimum absolute atomic E-state index is 0.0322.